The summed E-state index contributed by atoms with van der Waals surface area (Å²) in [4.78, 5) is 26.8. The molecule has 8 heteroatoms. The van der Waals surface area contributed by atoms with Crippen LogP contribution in [0.1, 0.15) is 23.4 Å². The summed E-state index contributed by atoms with van der Waals surface area (Å²) in [5.74, 6) is -0.890. The number of hydrogen-bond acceptors (Lipinski definition) is 5. The first kappa shape index (κ1) is 15.7. The zero-order valence-electron chi connectivity index (χ0n) is 12.0. The van der Waals surface area contributed by atoms with E-state index in [2.05, 4.69) is 4.98 Å². The summed E-state index contributed by atoms with van der Waals surface area (Å²) in [7, 11) is -3.01. The second kappa shape index (κ2) is 5.59. The minimum Gasteiger partial charge on any atom is -0.481 e. The quantitative estimate of drug-likeness (QED) is 0.833. The largest absolute Gasteiger partial charge is 0.481 e. The SMILES string of the molecule is Cc1nc(=O)n(CC2CCS(=O)(=O)C2)c(C)c1CC(=O)O. The molecule has 0 radical (unpaired) electrons. The Morgan fingerprint density at radius 1 is 1.43 bits per heavy atom. The highest BCUT2D eigenvalue weighted by atomic mass is 32.2. The van der Waals surface area contributed by atoms with Crippen LogP contribution in [0, 0.1) is 19.8 Å². The summed E-state index contributed by atoms with van der Waals surface area (Å²) < 4.78 is 24.4. The highest BCUT2D eigenvalue weighted by molar-refractivity contribution is 7.91. The number of nitrogens with zero attached hydrogens (tertiary/aromatic N) is 2. The number of hydrogen-bond donors (Lipinski definition) is 1. The predicted molar refractivity (Wildman–Crippen MR) is 76.1 cm³/mol. The number of sulfone groups is 1. The molecule has 1 N–H and O–H groups in total. The third-order valence-corrected chi connectivity index (χ3v) is 5.71. The van der Waals surface area contributed by atoms with Crippen molar-refractivity contribution in [2.24, 2.45) is 5.92 Å². The van der Waals surface area contributed by atoms with Crippen molar-refractivity contribution in [2.45, 2.75) is 33.2 Å². The van der Waals surface area contributed by atoms with Crippen molar-refractivity contribution in [3.63, 3.8) is 0 Å². The first-order chi connectivity index (χ1) is 9.69. The fourth-order valence-corrected chi connectivity index (χ4v) is 4.59. The first-order valence-corrected chi connectivity index (χ1v) is 8.51. The molecule has 21 heavy (non-hydrogen) atoms. The van der Waals surface area contributed by atoms with E-state index in [1.165, 1.54) is 4.57 Å². The monoisotopic (exact) mass is 314 g/mol. The Labute approximate surface area is 122 Å². The normalized spacial score (nSPS) is 20.6. The lowest BCUT2D eigenvalue weighted by Crippen LogP contribution is -2.31. The average Bonchev–Trinajstić information content (AvgIpc) is 2.69. The van der Waals surface area contributed by atoms with Gasteiger partial charge in [-0.15, -0.1) is 0 Å². The van der Waals surface area contributed by atoms with Gasteiger partial charge in [-0.05, 0) is 26.2 Å². The molecule has 1 aliphatic rings. The van der Waals surface area contributed by atoms with E-state index in [0.29, 0.717) is 23.4 Å². The van der Waals surface area contributed by atoms with Gasteiger partial charge in [0.05, 0.1) is 17.9 Å². The molecule has 0 spiro atoms. The van der Waals surface area contributed by atoms with Gasteiger partial charge in [-0.3, -0.25) is 9.36 Å². The fraction of sp³-hybridized carbons (Fsp3) is 0.615. The fourth-order valence-electron chi connectivity index (χ4n) is 2.74. The molecule has 116 valence electrons. The van der Waals surface area contributed by atoms with Crippen molar-refractivity contribution in [1.82, 2.24) is 9.55 Å². The van der Waals surface area contributed by atoms with Crippen LogP contribution >= 0.6 is 0 Å². The third-order valence-electron chi connectivity index (χ3n) is 3.87. The molecule has 0 saturated carbocycles. The lowest BCUT2D eigenvalue weighted by Gasteiger charge is -2.17. The minimum atomic E-state index is -3.01. The number of carboxylic acids is 1. The molecule has 0 aromatic carbocycles. The van der Waals surface area contributed by atoms with Crippen LogP contribution in [0.25, 0.3) is 0 Å². The summed E-state index contributed by atoms with van der Waals surface area (Å²) in [6.07, 6.45) is 0.324. The van der Waals surface area contributed by atoms with Crippen LogP contribution in [0.3, 0.4) is 0 Å². The molecule has 2 rings (SSSR count). The average molecular weight is 314 g/mol. The van der Waals surface area contributed by atoms with Gasteiger partial charge in [-0.25, -0.2) is 13.2 Å². The van der Waals surface area contributed by atoms with Gasteiger partial charge >= 0.3 is 11.7 Å². The van der Waals surface area contributed by atoms with Crippen LogP contribution in [0.15, 0.2) is 4.79 Å². The van der Waals surface area contributed by atoms with Crippen LogP contribution in [-0.4, -0.2) is 40.6 Å². The maximum Gasteiger partial charge on any atom is 0.347 e. The van der Waals surface area contributed by atoms with Crippen LogP contribution in [0.5, 0.6) is 0 Å². The van der Waals surface area contributed by atoms with Crippen molar-refractivity contribution in [1.29, 1.82) is 0 Å². The van der Waals surface area contributed by atoms with E-state index in [0.717, 1.165) is 0 Å². The van der Waals surface area contributed by atoms with Crippen molar-refractivity contribution in [3.05, 3.63) is 27.4 Å². The predicted octanol–water partition coefficient (Wildman–Crippen LogP) is -0.0781. The van der Waals surface area contributed by atoms with E-state index in [1.54, 1.807) is 13.8 Å². The van der Waals surface area contributed by atoms with Gasteiger partial charge in [0.1, 0.15) is 0 Å². The third kappa shape index (κ3) is 3.49. The zero-order valence-corrected chi connectivity index (χ0v) is 12.8. The number of aliphatic carboxylic acids is 1. The molecule has 1 aromatic heterocycles. The lowest BCUT2D eigenvalue weighted by atomic mass is 10.1. The van der Waals surface area contributed by atoms with E-state index >= 15 is 0 Å². The molecule has 0 amide bonds. The highest BCUT2D eigenvalue weighted by Crippen LogP contribution is 2.21. The highest BCUT2D eigenvalue weighted by Gasteiger charge is 2.29. The number of aryl methyl sites for hydroxylation is 1. The summed E-state index contributed by atoms with van der Waals surface area (Å²) in [6, 6.07) is 0. The first-order valence-electron chi connectivity index (χ1n) is 6.69. The van der Waals surface area contributed by atoms with Crippen LogP contribution in [0.4, 0.5) is 0 Å². The lowest BCUT2D eigenvalue weighted by molar-refractivity contribution is -0.136. The molecule has 2 heterocycles. The standard InChI is InChI=1S/C13H18N2O5S/c1-8-11(5-12(16)17)9(2)15(13(18)14-8)6-10-3-4-21(19,20)7-10/h10H,3-7H2,1-2H3,(H,16,17). The molecular formula is C13H18N2O5S. The van der Waals surface area contributed by atoms with Gasteiger partial charge in [-0.2, -0.15) is 4.98 Å². The maximum atomic E-state index is 12.0. The number of carbonyl (C=O) groups is 1. The van der Waals surface area contributed by atoms with E-state index in [-0.39, 0.29) is 30.4 Å². The number of carboxylic acid groups (broad SMARTS) is 1. The van der Waals surface area contributed by atoms with Crippen LogP contribution < -0.4 is 5.69 Å². The topological polar surface area (TPSA) is 106 Å². The molecule has 1 fully saturated rings. The minimum absolute atomic E-state index is 0.0705. The molecule has 1 saturated heterocycles. The van der Waals surface area contributed by atoms with Gasteiger partial charge < -0.3 is 5.11 Å². The second-order valence-electron chi connectivity index (χ2n) is 5.49. The molecule has 0 bridgehead atoms. The number of aromatic nitrogens is 2. The zero-order chi connectivity index (χ0) is 15.8. The molecule has 1 atom stereocenters. The van der Waals surface area contributed by atoms with Gasteiger partial charge in [0, 0.05) is 23.5 Å². The summed E-state index contributed by atoms with van der Waals surface area (Å²) >= 11 is 0. The Kier molecular flexibility index (Phi) is 4.18. The molecule has 0 aliphatic carbocycles. The second-order valence-corrected chi connectivity index (χ2v) is 7.72. The molecule has 1 aliphatic heterocycles. The molecule has 7 nitrogen and oxygen atoms in total. The number of rotatable bonds is 4. The van der Waals surface area contributed by atoms with Crippen molar-refractivity contribution >= 4 is 15.8 Å². The summed E-state index contributed by atoms with van der Waals surface area (Å²) in [5, 5.41) is 8.93. The molecular weight excluding hydrogens is 296 g/mol. The Balaban J connectivity index is 2.35. The van der Waals surface area contributed by atoms with Crippen molar-refractivity contribution in [2.75, 3.05) is 11.5 Å². The van der Waals surface area contributed by atoms with Gasteiger partial charge in [0.2, 0.25) is 0 Å². The molecule has 1 unspecified atom stereocenters. The van der Waals surface area contributed by atoms with Gasteiger partial charge in [0.25, 0.3) is 0 Å². The van der Waals surface area contributed by atoms with E-state index < -0.39 is 21.5 Å². The van der Waals surface area contributed by atoms with E-state index in [1.807, 2.05) is 0 Å². The van der Waals surface area contributed by atoms with Crippen molar-refractivity contribution < 1.29 is 18.3 Å². The van der Waals surface area contributed by atoms with E-state index in [9.17, 15) is 18.0 Å². The Morgan fingerprint density at radius 3 is 2.62 bits per heavy atom. The van der Waals surface area contributed by atoms with Gasteiger partial charge in [0.15, 0.2) is 9.84 Å². The Hall–Kier alpha value is -1.70. The van der Waals surface area contributed by atoms with Crippen molar-refractivity contribution in [3.8, 4) is 0 Å². The Morgan fingerprint density at radius 2 is 2.10 bits per heavy atom. The van der Waals surface area contributed by atoms with Gasteiger partial charge in [-0.1, -0.05) is 0 Å². The van der Waals surface area contributed by atoms with Crippen LogP contribution in [-0.2, 0) is 27.6 Å². The van der Waals surface area contributed by atoms with Crippen LogP contribution in [0.2, 0.25) is 0 Å². The Bertz CT molecular complexity index is 736. The maximum absolute atomic E-state index is 12.0. The summed E-state index contributed by atoms with van der Waals surface area (Å²) in [5.41, 5.74) is 1.03. The molecule has 1 aromatic rings. The summed E-state index contributed by atoms with van der Waals surface area (Å²) in [6.45, 7) is 3.55. The van der Waals surface area contributed by atoms with E-state index in [4.69, 9.17) is 5.11 Å². The smallest absolute Gasteiger partial charge is 0.347 e.